The Balaban J connectivity index is 2.13. The second-order valence-electron chi connectivity index (χ2n) is 8.72. The number of ether oxygens (including phenoxy) is 3. The Kier molecular flexibility index (Phi) is 7.87. The van der Waals surface area contributed by atoms with Crippen LogP contribution in [-0.2, 0) is 11.2 Å². The van der Waals surface area contributed by atoms with Crippen molar-refractivity contribution in [3.63, 3.8) is 0 Å². The van der Waals surface area contributed by atoms with Gasteiger partial charge in [-0.15, -0.1) is 0 Å². The van der Waals surface area contributed by atoms with Crippen LogP contribution < -0.4 is 30.4 Å². The van der Waals surface area contributed by atoms with Gasteiger partial charge in [0.15, 0.2) is 11.5 Å². The van der Waals surface area contributed by atoms with Crippen LogP contribution in [0.25, 0.3) is 11.1 Å². The van der Waals surface area contributed by atoms with Gasteiger partial charge in [-0.3, -0.25) is 4.79 Å². The number of hydrogen-bond donors (Lipinski definition) is 3. The van der Waals surface area contributed by atoms with Crippen LogP contribution in [0.4, 0.5) is 5.69 Å². The van der Waals surface area contributed by atoms with Gasteiger partial charge < -0.3 is 19.5 Å². The molecule has 1 atom stereocenters. The van der Waals surface area contributed by atoms with Crippen LogP contribution in [-0.4, -0.2) is 27.2 Å². The second-order valence-corrected chi connectivity index (χ2v) is 8.72. The highest BCUT2D eigenvalue weighted by Gasteiger charge is 2.29. The molecular formula is C26H36N3O4+. The number of nitrogen functional groups attached to an aromatic ring is 1. The maximum Gasteiger partial charge on any atom is 0.217 e. The molecule has 2 aromatic rings. The number of carbonyl (C=O) groups excluding carboxylic acids is 1. The third-order valence-corrected chi connectivity index (χ3v) is 5.75. The van der Waals surface area contributed by atoms with Crippen LogP contribution in [0.15, 0.2) is 36.0 Å². The van der Waals surface area contributed by atoms with Gasteiger partial charge >= 0.3 is 0 Å². The fraction of sp³-hybridized carbons (Fsp3) is 0.423. The number of anilines is 1. The van der Waals surface area contributed by atoms with Crippen molar-refractivity contribution in [2.24, 2.45) is 5.92 Å². The summed E-state index contributed by atoms with van der Waals surface area (Å²) in [6.45, 7) is 7.95. The maximum atomic E-state index is 12.0. The Labute approximate surface area is 196 Å². The van der Waals surface area contributed by atoms with Crippen LogP contribution in [0.3, 0.4) is 0 Å². The molecular weight excluding hydrogens is 418 g/mol. The molecule has 1 aliphatic rings. The molecule has 4 N–H and O–H groups in total. The molecule has 33 heavy (non-hydrogen) atoms. The van der Waals surface area contributed by atoms with E-state index in [0.29, 0.717) is 23.2 Å². The highest BCUT2D eigenvalue weighted by molar-refractivity contribution is 5.84. The molecule has 0 spiro atoms. The van der Waals surface area contributed by atoms with E-state index in [1.165, 1.54) is 5.70 Å². The Bertz CT molecular complexity index is 1050. The van der Waals surface area contributed by atoms with Crippen LogP contribution in [0.1, 0.15) is 51.3 Å². The summed E-state index contributed by atoms with van der Waals surface area (Å²) < 4.78 is 17.1. The Hall–Kier alpha value is -3.19. The van der Waals surface area contributed by atoms with E-state index in [2.05, 4.69) is 49.7 Å². The number of quaternary nitrogens is 1. The van der Waals surface area contributed by atoms with E-state index in [0.717, 1.165) is 40.8 Å². The fourth-order valence-electron chi connectivity index (χ4n) is 4.49. The van der Waals surface area contributed by atoms with Crippen molar-refractivity contribution in [2.45, 2.75) is 46.6 Å². The molecule has 0 saturated heterocycles. The second kappa shape index (κ2) is 10.6. The molecule has 0 unspecified atom stereocenters. The summed E-state index contributed by atoms with van der Waals surface area (Å²) in [5.41, 5.74) is 11.7. The summed E-state index contributed by atoms with van der Waals surface area (Å²) in [5, 5.41) is 3.13. The summed E-state index contributed by atoms with van der Waals surface area (Å²) in [5.74, 6) is 2.26. The van der Waals surface area contributed by atoms with Crippen LogP contribution in [0.5, 0.6) is 17.2 Å². The maximum absolute atomic E-state index is 12.0. The van der Waals surface area contributed by atoms with Crippen molar-refractivity contribution >= 4 is 11.6 Å². The number of allylic oxidation sites excluding steroid dienone is 2. The van der Waals surface area contributed by atoms with Gasteiger partial charge in [0.05, 0.1) is 33.1 Å². The molecule has 0 radical (unpaired) electrons. The summed E-state index contributed by atoms with van der Waals surface area (Å²) in [4.78, 5) is 12.0. The van der Waals surface area contributed by atoms with Gasteiger partial charge in [-0.1, -0.05) is 19.9 Å². The van der Waals surface area contributed by atoms with E-state index in [9.17, 15) is 4.79 Å². The van der Waals surface area contributed by atoms with E-state index >= 15 is 0 Å². The largest absolute Gasteiger partial charge is 0.493 e. The number of fused-ring (bicyclic) bond motifs is 3. The van der Waals surface area contributed by atoms with Gasteiger partial charge in [0.25, 0.3) is 0 Å². The standard InChI is InChI=1S/C26H35N3O4/c1-15(2)12-16(3)28-29-19-9-10-20-21(14-19)22(27-17(4)30)11-8-18-13-23(31-5)25(32-6)26(33-7)24(18)20/h9-10,12-15,22,28-29H,8,11H2,1-7H3,(H,27,30)/p+1/b16-12+/t22-/m0/s1. The van der Waals surface area contributed by atoms with E-state index in [-0.39, 0.29) is 11.9 Å². The third kappa shape index (κ3) is 5.42. The van der Waals surface area contributed by atoms with E-state index in [1.807, 2.05) is 17.6 Å². The molecule has 7 nitrogen and oxygen atoms in total. The summed E-state index contributed by atoms with van der Waals surface area (Å²) in [6.07, 6.45) is 3.73. The van der Waals surface area contributed by atoms with E-state index in [4.69, 9.17) is 14.2 Å². The number of amides is 1. The first-order valence-electron chi connectivity index (χ1n) is 11.3. The lowest BCUT2D eigenvalue weighted by molar-refractivity contribution is -0.575. The highest BCUT2D eigenvalue weighted by atomic mass is 16.5. The smallest absolute Gasteiger partial charge is 0.217 e. The minimum atomic E-state index is -0.124. The van der Waals surface area contributed by atoms with Crippen molar-refractivity contribution in [3.05, 3.63) is 47.2 Å². The zero-order valence-electron chi connectivity index (χ0n) is 20.7. The zero-order chi connectivity index (χ0) is 24.1. The molecule has 7 heteroatoms. The van der Waals surface area contributed by atoms with Crippen molar-refractivity contribution < 1.29 is 24.4 Å². The fourth-order valence-corrected chi connectivity index (χ4v) is 4.49. The van der Waals surface area contributed by atoms with Gasteiger partial charge in [0.2, 0.25) is 11.7 Å². The van der Waals surface area contributed by atoms with Gasteiger partial charge in [-0.05, 0) is 59.7 Å². The molecule has 0 fully saturated rings. The molecule has 1 amide bonds. The van der Waals surface area contributed by atoms with Crippen molar-refractivity contribution in [1.29, 1.82) is 0 Å². The number of nitrogens with two attached hydrogens (primary N) is 1. The lowest BCUT2D eigenvalue weighted by Gasteiger charge is -2.21. The summed E-state index contributed by atoms with van der Waals surface area (Å²) >= 11 is 0. The first-order chi connectivity index (χ1) is 15.8. The average Bonchev–Trinajstić information content (AvgIpc) is 2.92. The summed E-state index contributed by atoms with van der Waals surface area (Å²) in [6, 6.07) is 8.13. The van der Waals surface area contributed by atoms with Crippen molar-refractivity contribution in [1.82, 2.24) is 5.32 Å². The van der Waals surface area contributed by atoms with Crippen LogP contribution in [0.2, 0.25) is 0 Å². The molecule has 0 saturated carbocycles. The zero-order valence-corrected chi connectivity index (χ0v) is 20.7. The first kappa shape index (κ1) is 24.5. The Morgan fingerprint density at radius 2 is 1.82 bits per heavy atom. The molecule has 178 valence electrons. The van der Waals surface area contributed by atoms with Crippen LogP contribution in [0, 0.1) is 5.92 Å². The van der Waals surface area contributed by atoms with E-state index in [1.54, 1.807) is 28.3 Å². The normalized spacial score (nSPS) is 15.3. The van der Waals surface area contributed by atoms with Crippen LogP contribution >= 0.6 is 0 Å². The molecule has 0 bridgehead atoms. The quantitative estimate of drug-likeness (QED) is 0.415. The lowest BCUT2D eigenvalue weighted by atomic mass is 9.93. The van der Waals surface area contributed by atoms with Gasteiger partial charge in [0.1, 0.15) is 5.70 Å². The number of hydrogen-bond acceptors (Lipinski definition) is 5. The lowest BCUT2D eigenvalue weighted by Crippen LogP contribution is -2.86. The number of carbonyl (C=O) groups is 1. The highest BCUT2D eigenvalue weighted by Crippen LogP contribution is 2.50. The molecule has 2 aromatic carbocycles. The topological polar surface area (TPSA) is 85.4 Å². The SMILES string of the molecule is COc1cc2c(c(OC)c1OC)-c1ccc(N[NH2+]/C(C)=C/C(C)C)cc1[C@@H](NC(C)=O)CC2. The first-order valence-corrected chi connectivity index (χ1v) is 11.3. The number of benzene rings is 2. The average molecular weight is 455 g/mol. The van der Waals surface area contributed by atoms with E-state index < -0.39 is 0 Å². The Morgan fingerprint density at radius 3 is 2.42 bits per heavy atom. The summed E-state index contributed by atoms with van der Waals surface area (Å²) in [7, 11) is 4.88. The Morgan fingerprint density at radius 1 is 1.09 bits per heavy atom. The molecule has 3 rings (SSSR count). The predicted octanol–water partition coefficient (Wildman–Crippen LogP) is 3.95. The predicted molar refractivity (Wildman–Crippen MR) is 131 cm³/mol. The van der Waals surface area contributed by atoms with Gasteiger partial charge in [-0.2, -0.15) is 0 Å². The third-order valence-electron chi connectivity index (χ3n) is 5.75. The van der Waals surface area contributed by atoms with Crippen molar-refractivity contribution in [2.75, 3.05) is 26.8 Å². The van der Waals surface area contributed by atoms with Gasteiger partial charge in [0, 0.05) is 19.4 Å². The molecule has 0 aliphatic heterocycles. The molecule has 0 aromatic heterocycles. The minimum absolute atomic E-state index is 0.0559. The monoisotopic (exact) mass is 454 g/mol. The number of aryl methyl sites for hydroxylation is 1. The van der Waals surface area contributed by atoms with Gasteiger partial charge in [-0.25, -0.2) is 10.9 Å². The molecule has 1 aliphatic carbocycles. The number of rotatable bonds is 8. The number of nitrogens with one attached hydrogen (secondary N) is 2. The number of methoxy groups -OCH3 is 3. The van der Waals surface area contributed by atoms with Crippen molar-refractivity contribution in [3.8, 4) is 28.4 Å². The molecule has 0 heterocycles. The minimum Gasteiger partial charge on any atom is -0.493 e.